The number of rotatable bonds is 4. The standard InChI is InChI=1S/C13H15N3O2/c1-3-16-9-11(8-14-16)15-13(17)10-5-4-6-12(7-10)18-2/h4-9H,3H2,1-2H3,(H,15,17). The first-order valence-corrected chi connectivity index (χ1v) is 5.70. The summed E-state index contributed by atoms with van der Waals surface area (Å²) < 4.78 is 6.83. The van der Waals surface area contributed by atoms with Gasteiger partial charge in [0.25, 0.3) is 5.91 Å². The third-order valence-electron chi connectivity index (χ3n) is 2.55. The maximum absolute atomic E-state index is 12.0. The van der Waals surface area contributed by atoms with Crippen LogP contribution in [0.25, 0.3) is 0 Å². The summed E-state index contributed by atoms with van der Waals surface area (Å²) in [6.45, 7) is 2.76. The molecule has 0 saturated heterocycles. The van der Waals surface area contributed by atoms with Crippen LogP contribution in [0.15, 0.2) is 36.7 Å². The highest BCUT2D eigenvalue weighted by atomic mass is 16.5. The monoisotopic (exact) mass is 245 g/mol. The molecule has 1 heterocycles. The van der Waals surface area contributed by atoms with Gasteiger partial charge in [0, 0.05) is 18.3 Å². The zero-order valence-electron chi connectivity index (χ0n) is 10.4. The van der Waals surface area contributed by atoms with E-state index in [4.69, 9.17) is 4.74 Å². The maximum Gasteiger partial charge on any atom is 0.255 e. The second kappa shape index (κ2) is 5.35. The Hall–Kier alpha value is -2.30. The molecule has 0 aliphatic rings. The fraction of sp³-hybridized carbons (Fsp3) is 0.231. The number of hydrogen-bond donors (Lipinski definition) is 1. The van der Waals surface area contributed by atoms with Gasteiger partial charge in [-0.2, -0.15) is 5.10 Å². The summed E-state index contributed by atoms with van der Waals surface area (Å²) in [6.07, 6.45) is 3.42. The maximum atomic E-state index is 12.0. The molecular weight excluding hydrogens is 230 g/mol. The van der Waals surface area contributed by atoms with Crippen LogP contribution in [0.3, 0.4) is 0 Å². The van der Waals surface area contributed by atoms with Crippen LogP contribution < -0.4 is 10.1 Å². The lowest BCUT2D eigenvalue weighted by Gasteiger charge is -2.04. The molecule has 0 aliphatic carbocycles. The van der Waals surface area contributed by atoms with E-state index in [1.165, 1.54) is 0 Å². The van der Waals surface area contributed by atoms with Crippen LogP contribution in [0, 0.1) is 0 Å². The zero-order valence-corrected chi connectivity index (χ0v) is 10.4. The van der Waals surface area contributed by atoms with E-state index < -0.39 is 0 Å². The van der Waals surface area contributed by atoms with Gasteiger partial charge in [0.15, 0.2) is 0 Å². The first kappa shape index (κ1) is 12.2. The molecule has 0 atom stereocenters. The fourth-order valence-electron chi connectivity index (χ4n) is 1.57. The van der Waals surface area contributed by atoms with Gasteiger partial charge in [-0.1, -0.05) is 6.07 Å². The lowest BCUT2D eigenvalue weighted by Crippen LogP contribution is -2.11. The molecule has 2 aromatic rings. The number of hydrogen-bond acceptors (Lipinski definition) is 3. The topological polar surface area (TPSA) is 56.2 Å². The molecule has 0 fully saturated rings. The predicted octanol–water partition coefficient (Wildman–Crippen LogP) is 2.16. The number of methoxy groups -OCH3 is 1. The number of ether oxygens (including phenoxy) is 1. The van der Waals surface area contributed by atoms with E-state index in [-0.39, 0.29) is 5.91 Å². The Bertz CT molecular complexity index is 549. The minimum Gasteiger partial charge on any atom is -0.497 e. The van der Waals surface area contributed by atoms with E-state index in [9.17, 15) is 4.79 Å². The molecule has 0 aliphatic heterocycles. The van der Waals surface area contributed by atoms with Crippen molar-refractivity contribution in [3.8, 4) is 5.75 Å². The molecule has 5 nitrogen and oxygen atoms in total. The van der Waals surface area contributed by atoms with Gasteiger partial charge in [-0.15, -0.1) is 0 Å². The van der Waals surface area contributed by atoms with Crippen LogP contribution in [0.2, 0.25) is 0 Å². The van der Waals surface area contributed by atoms with E-state index in [1.807, 2.05) is 6.92 Å². The van der Waals surface area contributed by atoms with Gasteiger partial charge in [-0.25, -0.2) is 0 Å². The number of nitrogens with one attached hydrogen (secondary N) is 1. The van der Waals surface area contributed by atoms with E-state index >= 15 is 0 Å². The number of carbonyl (C=O) groups is 1. The minimum absolute atomic E-state index is 0.176. The molecule has 0 unspecified atom stereocenters. The second-order valence-corrected chi connectivity index (χ2v) is 3.77. The molecule has 1 aromatic heterocycles. The van der Waals surface area contributed by atoms with Crippen molar-refractivity contribution in [1.29, 1.82) is 0 Å². The van der Waals surface area contributed by atoms with Gasteiger partial charge in [-0.3, -0.25) is 9.48 Å². The number of anilines is 1. The van der Waals surface area contributed by atoms with Crippen LogP contribution in [0.4, 0.5) is 5.69 Å². The van der Waals surface area contributed by atoms with Crippen molar-refractivity contribution in [2.75, 3.05) is 12.4 Å². The zero-order chi connectivity index (χ0) is 13.0. The lowest BCUT2D eigenvalue weighted by atomic mass is 10.2. The average Bonchev–Trinajstić information content (AvgIpc) is 2.86. The third kappa shape index (κ3) is 2.68. The van der Waals surface area contributed by atoms with Crippen molar-refractivity contribution in [3.05, 3.63) is 42.2 Å². The number of aryl methyl sites for hydroxylation is 1. The predicted molar refractivity (Wildman–Crippen MR) is 68.8 cm³/mol. The second-order valence-electron chi connectivity index (χ2n) is 3.77. The van der Waals surface area contributed by atoms with Crippen molar-refractivity contribution in [3.63, 3.8) is 0 Å². The van der Waals surface area contributed by atoms with E-state index in [0.717, 1.165) is 6.54 Å². The molecule has 0 bridgehead atoms. The van der Waals surface area contributed by atoms with E-state index in [0.29, 0.717) is 17.0 Å². The number of benzene rings is 1. The Morgan fingerprint density at radius 1 is 1.50 bits per heavy atom. The van der Waals surface area contributed by atoms with Crippen molar-refractivity contribution >= 4 is 11.6 Å². The van der Waals surface area contributed by atoms with Gasteiger partial charge in [-0.05, 0) is 25.1 Å². The summed E-state index contributed by atoms with van der Waals surface area (Å²) in [4.78, 5) is 12.0. The number of nitrogens with zero attached hydrogens (tertiary/aromatic N) is 2. The van der Waals surface area contributed by atoms with Crippen molar-refractivity contribution in [2.24, 2.45) is 0 Å². The Morgan fingerprint density at radius 3 is 3.00 bits per heavy atom. The molecule has 1 N–H and O–H groups in total. The van der Waals surface area contributed by atoms with Gasteiger partial charge in [0.05, 0.1) is 19.0 Å². The van der Waals surface area contributed by atoms with Crippen molar-refractivity contribution in [2.45, 2.75) is 13.5 Å². The highest BCUT2D eigenvalue weighted by Crippen LogP contribution is 2.14. The number of amides is 1. The molecule has 2 rings (SSSR count). The summed E-state index contributed by atoms with van der Waals surface area (Å²) >= 11 is 0. The van der Waals surface area contributed by atoms with Crippen LogP contribution in [0.1, 0.15) is 17.3 Å². The molecule has 0 spiro atoms. The van der Waals surface area contributed by atoms with Crippen molar-refractivity contribution in [1.82, 2.24) is 9.78 Å². The molecule has 1 aromatic carbocycles. The smallest absolute Gasteiger partial charge is 0.255 e. The molecule has 18 heavy (non-hydrogen) atoms. The van der Waals surface area contributed by atoms with Crippen LogP contribution in [0.5, 0.6) is 5.75 Å². The largest absolute Gasteiger partial charge is 0.497 e. The van der Waals surface area contributed by atoms with Gasteiger partial charge in [0.2, 0.25) is 0 Å². The minimum atomic E-state index is -0.176. The first-order chi connectivity index (χ1) is 8.72. The van der Waals surface area contributed by atoms with Gasteiger partial charge in [0.1, 0.15) is 5.75 Å². The Labute approximate surface area is 105 Å². The molecular formula is C13H15N3O2. The first-order valence-electron chi connectivity index (χ1n) is 5.70. The van der Waals surface area contributed by atoms with Crippen LogP contribution >= 0.6 is 0 Å². The average molecular weight is 245 g/mol. The van der Waals surface area contributed by atoms with Crippen molar-refractivity contribution < 1.29 is 9.53 Å². The SMILES string of the molecule is CCn1cc(NC(=O)c2cccc(OC)c2)cn1. The Kier molecular flexibility index (Phi) is 3.62. The quantitative estimate of drug-likeness (QED) is 0.898. The highest BCUT2D eigenvalue weighted by molar-refractivity contribution is 6.04. The molecule has 0 radical (unpaired) electrons. The lowest BCUT2D eigenvalue weighted by molar-refractivity contribution is 0.102. The molecule has 0 saturated carbocycles. The summed E-state index contributed by atoms with van der Waals surface area (Å²) in [5.41, 5.74) is 1.24. The molecule has 1 amide bonds. The summed E-state index contributed by atoms with van der Waals surface area (Å²) in [5.74, 6) is 0.483. The van der Waals surface area contributed by atoms with E-state index in [2.05, 4.69) is 10.4 Å². The third-order valence-corrected chi connectivity index (χ3v) is 2.55. The number of aromatic nitrogens is 2. The van der Waals surface area contributed by atoms with E-state index in [1.54, 1.807) is 48.5 Å². The van der Waals surface area contributed by atoms with Crippen LogP contribution in [-0.4, -0.2) is 22.8 Å². The normalized spacial score (nSPS) is 10.1. The summed E-state index contributed by atoms with van der Waals surface area (Å²) in [7, 11) is 1.57. The Balaban J connectivity index is 2.11. The van der Waals surface area contributed by atoms with Gasteiger partial charge < -0.3 is 10.1 Å². The Morgan fingerprint density at radius 2 is 2.33 bits per heavy atom. The highest BCUT2D eigenvalue weighted by Gasteiger charge is 2.08. The van der Waals surface area contributed by atoms with Crippen LogP contribution in [-0.2, 0) is 6.54 Å². The van der Waals surface area contributed by atoms with Gasteiger partial charge >= 0.3 is 0 Å². The molecule has 5 heteroatoms. The molecule has 94 valence electrons. The summed E-state index contributed by atoms with van der Waals surface area (Å²) in [6, 6.07) is 7.01. The number of carbonyl (C=O) groups excluding carboxylic acids is 1. The fourth-order valence-corrected chi connectivity index (χ4v) is 1.57. The summed E-state index contributed by atoms with van der Waals surface area (Å²) in [5, 5.41) is 6.88.